The number of anilines is 1. The van der Waals surface area contributed by atoms with Gasteiger partial charge < -0.3 is 5.09 Å². The number of thioether (sulfide) groups is 1. The fourth-order valence-electron chi connectivity index (χ4n) is 3.45. The quantitative estimate of drug-likeness (QED) is 0.427. The normalized spacial score (nSPS) is 15.4. The predicted molar refractivity (Wildman–Crippen MR) is 128 cm³/mol. The molecule has 0 saturated carbocycles. The summed E-state index contributed by atoms with van der Waals surface area (Å²) in [7, 11) is -2.94. The molecule has 29 heavy (non-hydrogen) atoms. The Hall–Kier alpha value is -2.48. The van der Waals surface area contributed by atoms with Crippen molar-refractivity contribution in [1.82, 2.24) is 0 Å². The van der Waals surface area contributed by atoms with E-state index in [9.17, 15) is 4.57 Å². The molecular formula is C25H24NOPS. The van der Waals surface area contributed by atoms with Crippen molar-refractivity contribution < 1.29 is 4.57 Å². The van der Waals surface area contributed by atoms with Crippen molar-refractivity contribution in [2.45, 2.75) is 20.3 Å². The van der Waals surface area contributed by atoms with Gasteiger partial charge in [0, 0.05) is 27.1 Å². The van der Waals surface area contributed by atoms with Gasteiger partial charge in [-0.3, -0.25) is 4.57 Å². The van der Waals surface area contributed by atoms with Gasteiger partial charge >= 0.3 is 0 Å². The Morgan fingerprint density at radius 2 is 1.34 bits per heavy atom. The van der Waals surface area contributed by atoms with Crippen LogP contribution in [0.25, 0.3) is 9.81 Å². The van der Waals surface area contributed by atoms with Crippen molar-refractivity contribution in [2.24, 2.45) is 0 Å². The smallest absolute Gasteiger partial charge is 0.215 e. The third kappa shape index (κ3) is 4.42. The van der Waals surface area contributed by atoms with Crippen LogP contribution in [0.1, 0.15) is 29.2 Å². The minimum Gasteiger partial charge on any atom is -0.330 e. The molecule has 0 radical (unpaired) electrons. The van der Waals surface area contributed by atoms with Crippen LogP contribution in [0.5, 0.6) is 0 Å². The van der Waals surface area contributed by atoms with E-state index in [1.54, 1.807) is 11.8 Å². The van der Waals surface area contributed by atoms with Crippen LogP contribution in [0.15, 0.2) is 90.5 Å². The van der Waals surface area contributed by atoms with Gasteiger partial charge in [-0.1, -0.05) is 97.5 Å². The van der Waals surface area contributed by atoms with Crippen LogP contribution in [0.3, 0.4) is 0 Å². The second-order valence-electron chi connectivity index (χ2n) is 7.10. The molecule has 0 spiro atoms. The molecule has 1 aliphatic heterocycles. The number of hydrogen-bond acceptors (Lipinski definition) is 2. The van der Waals surface area contributed by atoms with Crippen LogP contribution in [-0.4, -0.2) is 0 Å². The monoisotopic (exact) mass is 417 g/mol. The average molecular weight is 418 g/mol. The SMILES string of the molecule is CCc1cccc(C)c1NP1(=O)C=C(c2ccccc2)SC(c2ccccc2)=C1. The molecule has 1 N–H and O–H groups in total. The van der Waals surface area contributed by atoms with Gasteiger partial charge in [-0.25, -0.2) is 0 Å². The standard InChI is InChI=1S/C25H24NOPS/c1-3-20-16-10-11-19(2)25(20)26-28(27)17-23(21-12-6-4-7-13-21)29-24(18-28)22-14-8-5-9-15-22/h4-18H,3H2,1-2H3,(H,26,27). The first kappa shape index (κ1) is 19.8. The molecule has 0 saturated heterocycles. The van der Waals surface area contributed by atoms with Crippen molar-refractivity contribution in [2.75, 3.05) is 5.09 Å². The lowest BCUT2D eigenvalue weighted by Gasteiger charge is -2.25. The topological polar surface area (TPSA) is 29.1 Å². The highest BCUT2D eigenvalue weighted by Crippen LogP contribution is 2.61. The molecule has 2 nitrogen and oxygen atoms in total. The number of aryl methyl sites for hydroxylation is 2. The first-order chi connectivity index (χ1) is 14.1. The Bertz CT molecular complexity index is 1060. The van der Waals surface area contributed by atoms with Crippen LogP contribution in [0.4, 0.5) is 5.69 Å². The highest BCUT2D eigenvalue weighted by molar-refractivity contribution is 8.17. The number of para-hydroxylation sites is 1. The van der Waals surface area contributed by atoms with Crippen LogP contribution in [0, 0.1) is 6.92 Å². The van der Waals surface area contributed by atoms with Gasteiger partial charge in [-0.15, -0.1) is 0 Å². The van der Waals surface area contributed by atoms with Gasteiger partial charge in [0.25, 0.3) is 0 Å². The van der Waals surface area contributed by atoms with Gasteiger partial charge in [0.2, 0.25) is 7.29 Å². The molecule has 1 aliphatic rings. The summed E-state index contributed by atoms with van der Waals surface area (Å²) in [4.78, 5) is 2.05. The van der Waals surface area contributed by atoms with E-state index in [0.29, 0.717) is 0 Å². The van der Waals surface area contributed by atoms with E-state index in [4.69, 9.17) is 0 Å². The minimum atomic E-state index is -2.94. The first-order valence-corrected chi connectivity index (χ1v) is 12.4. The highest BCUT2D eigenvalue weighted by Gasteiger charge is 2.27. The fraction of sp³-hybridized carbons (Fsp3) is 0.120. The number of rotatable bonds is 5. The molecule has 0 amide bonds. The predicted octanol–water partition coefficient (Wildman–Crippen LogP) is 7.99. The van der Waals surface area contributed by atoms with E-state index in [0.717, 1.165) is 38.6 Å². The van der Waals surface area contributed by atoms with Gasteiger partial charge in [0.05, 0.1) is 0 Å². The molecule has 4 rings (SSSR count). The zero-order valence-corrected chi connectivity index (χ0v) is 18.3. The van der Waals surface area contributed by atoms with Gasteiger partial charge in [-0.05, 0) is 35.6 Å². The maximum absolute atomic E-state index is 14.1. The number of nitrogens with one attached hydrogen (secondary N) is 1. The number of benzene rings is 3. The van der Waals surface area contributed by atoms with Crippen LogP contribution >= 0.6 is 19.1 Å². The summed E-state index contributed by atoms with van der Waals surface area (Å²) in [5, 5.41) is 3.43. The van der Waals surface area contributed by atoms with E-state index in [-0.39, 0.29) is 0 Å². The molecular weight excluding hydrogens is 393 g/mol. The molecule has 3 aromatic carbocycles. The third-order valence-corrected chi connectivity index (χ3v) is 8.33. The summed E-state index contributed by atoms with van der Waals surface area (Å²) in [6.07, 6.45) is 0.892. The van der Waals surface area contributed by atoms with Crippen molar-refractivity contribution in [3.63, 3.8) is 0 Å². The largest absolute Gasteiger partial charge is 0.330 e. The first-order valence-electron chi connectivity index (χ1n) is 9.78. The summed E-state index contributed by atoms with van der Waals surface area (Å²) in [6.45, 7) is 4.19. The summed E-state index contributed by atoms with van der Waals surface area (Å²) in [5.74, 6) is 3.84. The second kappa shape index (κ2) is 8.49. The van der Waals surface area contributed by atoms with Crippen molar-refractivity contribution in [3.05, 3.63) is 113 Å². The van der Waals surface area contributed by atoms with E-state index in [1.165, 1.54) is 5.56 Å². The van der Waals surface area contributed by atoms with E-state index in [1.807, 2.05) is 48.0 Å². The zero-order chi connectivity index (χ0) is 20.3. The molecule has 0 atom stereocenters. The summed E-state index contributed by atoms with van der Waals surface area (Å²) in [6, 6.07) is 26.6. The molecule has 0 aromatic heterocycles. The molecule has 0 bridgehead atoms. The van der Waals surface area contributed by atoms with Crippen LogP contribution < -0.4 is 5.09 Å². The lowest BCUT2D eigenvalue weighted by atomic mass is 10.1. The second-order valence-corrected chi connectivity index (χ2v) is 10.3. The summed E-state index contributed by atoms with van der Waals surface area (Å²) >= 11 is 1.67. The minimum absolute atomic E-state index is 0.892. The lowest BCUT2D eigenvalue weighted by Crippen LogP contribution is -2.02. The van der Waals surface area contributed by atoms with Crippen molar-refractivity contribution in [3.8, 4) is 0 Å². The maximum Gasteiger partial charge on any atom is 0.215 e. The maximum atomic E-state index is 14.1. The Morgan fingerprint density at radius 1 is 0.793 bits per heavy atom. The Balaban J connectivity index is 1.82. The molecule has 4 heteroatoms. The molecule has 0 aliphatic carbocycles. The zero-order valence-electron chi connectivity index (χ0n) is 16.6. The van der Waals surface area contributed by atoms with E-state index < -0.39 is 7.29 Å². The molecule has 0 fully saturated rings. The van der Waals surface area contributed by atoms with Gasteiger partial charge in [0.15, 0.2) is 0 Å². The Labute approximate surface area is 177 Å². The molecule has 0 unspecified atom stereocenters. The van der Waals surface area contributed by atoms with Gasteiger partial charge in [0.1, 0.15) is 0 Å². The average Bonchev–Trinajstić information content (AvgIpc) is 2.76. The van der Waals surface area contributed by atoms with Crippen LogP contribution in [0.2, 0.25) is 0 Å². The lowest BCUT2D eigenvalue weighted by molar-refractivity contribution is 0.589. The Morgan fingerprint density at radius 3 is 1.86 bits per heavy atom. The third-order valence-electron chi connectivity index (χ3n) is 4.98. The molecule has 3 aromatic rings. The number of hydrogen-bond donors (Lipinski definition) is 1. The van der Waals surface area contributed by atoms with Gasteiger partial charge in [-0.2, -0.15) is 0 Å². The Kier molecular flexibility index (Phi) is 5.80. The summed E-state index contributed by atoms with van der Waals surface area (Å²) < 4.78 is 14.1. The van der Waals surface area contributed by atoms with E-state index in [2.05, 4.69) is 61.4 Å². The molecule has 146 valence electrons. The molecule has 1 heterocycles. The fourth-order valence-corrected chi connectivity index (χ4v) is 7.43. The van der Waals surface area contributed by atoms with Crippen LogP contribution in [-0.2, 0) is 11.0 Å². The van der Waals surface area contributed by atoms with Crippen molar-refractivity contribution >= 4 is 34.6 Å². The summed E-state index contributed by atoms with van der Waals surface area (Å²) in [5.41, 5.74) is 5.45. The van der Waals surface area contributed by atoms with Crippen molar-refractivity contribution in [1.29, 1.82) is 0 Å². The highest BCUT2D eigenvalue weighted by atomic mass is 32.2. The van der Waals surface area contributed by atoms with E-state index >= 15 is 0 Å².